The predicted molar refractivity (Wildman–Crippen MR) is 78.5 cm³/mol. The maximum atomic E-state index is 13.9. The Labute approximate surface area is 120 Å². The van der Waals surface area contributed by atoms with Crippen molar-refractivity contribution in [3.05, 3.63) is 29.6 Å². The van der Waals surface area contributed by atoms with Gasteiger partial charge in [0.1, 0.15) is 10.7 Å². The van der Waals surface area contributed by atoms with Gasteiger partial charge in [0, 0.05) is 13.1 Å². The minimum absolute atomic E-state index is 0.284. The molecule has 0 aliphatic heterocycles. The highest BCUT2D eigenvalue weighted by Gasteiger charge is 2.18. The van der Waals surface area contributed by atoms with E-state index in [1.165, 1.54) is 12.1 Å². The Balaban J connectivity index is 2.76. The molecule has 0 aliphatic carbocycles. The number of halogens is 1. The molecular weight excluding hydrogens is 279 g/mol. The van der Waals surface area contributed by atoms with Gasteiger partial charge in [-0.3, -0.25) is 0 Å². The molecule has 0 aromatic heterocycles. The maximum Gasteiger partial charge on any atom is 0.243 e. The van der Waals surface area contributed by atoms with Gasteiger partial charge in [0.05, 0.1) is 0 Å². The lowest BCUT2D eigenvalue weighted by atomic mass is 10.2. The number of benzene rings is 1. The number of hydrogen-bond donors (Lipinski definition) is 2. The first-order valence-electron chi connectivity index (χ1n) is 7.00. The van der Waals surface area contributed by atoms with E-state index in [4.69, 9.17) is 0 Å². The predicted octanol–water partition coefficient (Wildman–Crippen LogP) is 2.40. The van der Waals surface area contributed by atoms with Crippen molar-refractivity contribution in [2.24, 2.45) is 0 Å². The van der Waals surface area contributed by atoms with Gasteiger partial charge in [-0.25, -0.2) is 17.5 Å². The minimum atomic E-state index is -3.75. The van der Waals surface area contributed by atoms with Gasteiger partial charge in [-0.1, -0.05) is 26.3 Å². The molecule has 1 rings (SSSR count). The van der Waals surface area contributed by atoms with E-state index in [0.29, 0.717) is 13.1 Å². The molecule has 0 bridgehead atoms. The van der Waals surface area contributed by atoms with Crippen LogP contribution in [0.15, 0.2) is 23.1 Å². The summed E-state index contributed by atoms with van der Waals surface area (Å²) in [4.78, 5) is -0.284. The van der Waals surface area contributed by atoms with E-state index in [1.54, 1.807) is 6.07 Å². The molecule has 2 N–H and O–H groups in total. The fourth-order valence-corrected chi connectivity index (χ4v) is 2.87. The van der Waals surface area contributed by atoms with Crippen LogP contribution in [0.2, 0.25) is 0 Å². The molecule has 0 saturated heterocycles. The summed E-state index contributed by atoms with van der Waals surface area (Å²) in [5.41, 5.74) is 0.739. The van der Waals surface area contributed by atoms with Gasteiger partial charge in [-0.2, -0.15) is 0 Å². The Morgan fingerprint density at radius 1 is 1.15 bits per heavy atom. The van der Waals surface area contributed by atoms with Crippen molar-refractivity contribution in [3.63, 3.8) is 0 Å². The molecule has 4 nitrogen and oxygen atoms in total. The van der Waals surface area contributed by atoms with Crippen LogP contribution in [-0.4, -0.2) is 21.5 Å². The van der Waals surface area contributed by atoms with Crippen molar-refractivity contribution in [1.29, 1.82) is 0 Å². The zero-order valence-corrected chi connectivity index (χ0v) is 12.9. The number of sulfonamides is 1. The molecule has 6 heteroatoms. The summed E-state index contributed by atoms with van der Waals surface area (Å²) in [5.74, 6) is -0.704. The highest BCUT2D eigenvalue weighted by molar-refractivity contribution is 7.89. The Bertz CT molecular complexity index is 518. The monoisotopic (exact) mass is 302 g/mol. The molecule has 0 radical (unpaired) electrons. The average molecular weight is 302 g/mol. The Hall–Kier alpha value is -0.980. The topological polar surface area (TPSA) is 58.2 Å². The first kappa shape index (κ1) is 17.1. The van der Waals surface area contributed by atoms with E-state index in [9.17, 15) is 12.8 Å². The van der Waals surface area contributed by atoms with Crippen LogP contribution in [0.3, 0.4) is 0 Å². The van der Waals surface area contributed by atoms with E-state index in [-0.39, 0.29) is 4.90 Å². The molecule has 1 aromatic rings. The first-order chi connectivity index (χ1) is 9.51. The second-order valence-electron chi connectivity index (χ2n) is 4.69. The summed E-state index contributed by atoms with van der Waals surface area (Å²) in [6, 6.07) is 4.24. The molecule has 0 unspecified atom stereocenters. The molecule has 0 heterocycles. The molecule has 0 amide bonds. The van der Waals surface area contributed by atoms with Crippen molar-refractivity contribution in [3.8, 4) is 0 Å². The third kappa shape index (κ3) is 5.19. The van der Waals surface area contributed by atoms with Crippen molar-refractivity contribution >= 4 is 10.0 Å². The first-order valence-corrected chi connectivity index (χ1v) is 8.48. The molecule has 0 fully saturated rings. The lowest BCUT2D eigenvalue weighted by Crippen LogP contribution is -2.25. The van der Waals surface area contributed by atoms with Crippen LogP contribution in [0.1, 0.15) is 38.7 Å². The van der Waals surface area contributed by atoms with Gasteiger partial charge < -0.3 is 5.32 Å². The van der Waals surface area contributed by atoms with Crippen LogP contribution in [0, 0.1) is 5.82 Å². The molecule has 114 valence electrons. The van der Waals surface area contributed by atoms with Crippen LogP contribution >= 0.6 is 0 Å². The molecule has 0 spiro atoms. The van der Waals surface area contributed by atoms with Gasteiger partial charge in [0.2, 0.25) is 10.0 Å². The summed E-state index contributed by atoms with van der Waals surface area (Å²) in [5, 5.41) is 3.15. The lowest BCUT2D eigenvalue weighted by Gasteiger charge is -2.09. The van der Waals surface area contributed by atoms with Crippen LogP contribution in [0.25, 0.3) is 0 Å². The standard InChI is InChI=1S/C14H23FN2O2S/c1-3-5-9-17-20(18,19)14-7-6-12(10-13(14)15)11-16-8-4-2/h6-7,10,16-17H,3-5,8-9,11H2,1-2H3. The number of hydrogen-bond acceptors (Lipinski definition) is 3. The van der Waals surface area contributed by atoms with Gasteiger partial charge in [-0.05, 0) is 37.1 Å². The van der Waals surface area contributed by atoms with Gasteiger partial charge in [0.25, 0.3) is 0 Å². The molecule has 0 saturated carbocycles. The summed E-state index contributed by atoms with van der Waals surface area (Å²) < 4.78 is 40.2. The lowest BCUT2D eigenvalue weighted by molar-refractivity contribution is 0.553. The third-order valence-electron chi connectivity index (χ3n) is 2.86. The fourth-order valence-electron chi connectivity index (χ4n) is 1.74. The zero-order chi connectivity index (χ0) is 15.0. The van der Waals surface area contributed by atoms with Gasteiger partial charge in [0.15, 0.2) is 0 Å². The summed E-state index contributed by atoms with van der Waals surface area (Å²) in [7, 11) is -3.75. The van der Waals surface area contributed by atoms with E-state index in [2.05, 4.69) is 10.0 Å². The Morgan fingerprint density at radius 3 is 2.50 bits per heavy atom. The fraction of sp³-hybridized carbons (Fsp3) is 0.571. The van der Waals surface area contributed by atoms with Crippen molar-refractivity contribution in [1.82, 2.24) is 10.0 Å². The molecular formula is C14H23FN2O2S. The SMILES string of the molecule is CCCCNS(=O)(=O)c1ccc(CNCCC)cc1F. The minimum Gasteiger partial charge on any atom is -0.313 e. The zero-order valence-electron chi connectivity index (χ0n) is 12.1. The summed E-state index contributed by atoms with van der Waals surface area (Å²) >= 11 is 0. The molecule has 0 atom stereocenters. The van der Waals surface area contributed by atoms with Crippen molar-refractivity contribution in [2.45, 2.75) is 44.6 Å². The van der Waals surface area contributed by atoms with Crippen LogP contribution in [0.4, 0.5) is 4.39 Å². The molecule has 0 aliphatic rings. The normalized spacial score (nSPS) is 11.8. The highest BCUT2D eigenvalue weighted by Crippen LogP contribution is 2.16. The maximum absolute atomic E-state index is 13.9. The van der Waals surface area contributed by atoms with E-state index < -0.39 is 15.8 Å². The quantitative estimate of drug-likeness (QED) is 0.689. The summed E-state index contributed by atoms with van der Waals surface area (Å²) in [6.45, 7) is 5.73. The third-order valence-corrected chi connectivity index (χ3v) is 4.36. The van der Waals surface area contributed by atoms with Gasteiger partial charge >= 0.3 is 0 Å². The smallest absolute Gasteiger partial charge is 0.243 e. The molecule has 1 aromatic carbocycles. The summed E-state index contributed by atoms with van der Waals surface area (Å²) in [6.07, 6.45) is 2.61. The van der Waals surface area contributed by atoms with Crippen molar-refractivity contribution in [2.75, 3.05) is 13.1 Å². The van der Waals surface area contributed by atoms with E-state index >= 15 is 0 Å². The second-order valence-corrected chi connectivity index (χ2v) is 6.43. The van der Waals surface area contributed by atoms with E-state index in [1.807, 2.05) is 13.8 Å². The molecule has 20 heavy (non-hydrogen) atoms. The highest BCUT2D eigenvalue weighted by atomic mass is 32.2. The van der Waals surface area contributed by atoms with Crippen LogP contribution < -0.4 is 10.0 Å². The van der Waals surface area contributed by atoms with Crippen LogP contribution in [-0.2, 0) is 16.6 Å². The Kier molecular flexibility index (Phi) is 7.12. The number of unbranched alkanes of at least 4 members (excludes halogenated alkanes) is 1. The van der Waals surface area contributed by atoms with E-state index in [0.717, 1.165) is 31.4 Å². The second kappa shape index (κ2) is 8.34. The van der Waals surface area contributed by atoms with Crippen molar-refractivity contribution < 1.29 is 12.8 Å². The number of rotatable bonds is 9. The largest absolute Gasteiger partial charge is 0.313 e. The number of nitrogens with one attached hydrogen (secondary N) is 2. The van der Waals surface area contributed by atoms with Gasteiger partial charge in [-0.15, -0.1) is 0 Å². The average Bonchev–Trinajstić information content (AvgIpc) is 2.39. The Morgan fingerprint density at radius 2 is 1.90 bits per heavy atom. The van der Waals surface area contributed by atoms with Crippen LogP contribution in [0.5, 0.6) is 0 Å².